The SMILES string of the molecule is CC(Cn1cccn1)NCC1CCCC1. The zero-order valence-electron chi connectivity index (χ0n) is 9.52. The highest BCUT2D eigenvalue weighted by Crippen LogP contribution is 2.23. The molecule has 84 valence electrons. The maximum absolute atomic E-state index is 4.21. The summed E-state index contributed by atoms with van der Waals surface area (Å²) in [6, 6.07) is 2.49. The van der Waals surface area contributed by atoms with E-state index >= 15 is 0 Å². The molecule has 1 fully saturated rings. The Labute approximate surface area is 91.9 Å². The second-order valence-electron chi connectivity index (χ2n) is 4.69. The van der Waals surface area contributed by atoms with Gasteiger partial charge in [-0.1, -0.05) is 12.8 Å². The average Bonchev–Trinajstić information content (AvgIpc) is 2.86. The van der Waals surface area contributed by atoms with Crippen LogP contribution in [0.25, 0.3) is 0 Å². The van der Waals surface area contributed by atoms with Crippen molar-refractivity contribution < 1.29 is 0 Å². The molecule has 1 heterocycles. The number of hydrogen-bond acceptors (Lipinski definition) is 2. The van der Waals surface area contributed by atoms with E-state index in [0.717, 1.165) is 12.5 Å². The molecule has 1 N–H and O–H groups in total. The third kappa shape index (κ3) is 3.34. The third-order valence-corrected chi connectivity index (χ3v) is 3.25. The zero-order valence-corrected chi connectivity index (χ0v) is 9.52. The summed E-state index contributed by atoms with van der Waals surface area (Å²) in [6.45, 7) is 4.39. The van der Waals surface area contributed by atoms with Crippen LogP contribution in [0, 0.1) is 5.92 Å². The van der Waals surface area contributed by atoms with Crippen LogP contribution in [0.4, 0.5) is 0 Å². The Morgan fingerprint density at radius 3 is 2.93 bits per heavy atom. The number of aromatic nitrogens is 2. The fraction of sp³-hybridized carbons (Fsp3) is 0.750. The van der Waals surface area contributed by atoms with Gasteiger partial charge in [-0.2, -0.15) is 5.10 Å². The number of nitrogens with one attached hydrogen (secondary N) is 1. The zero-order chi connectivity index (χ0) is 10.5. The smallest absolute Gasteiger partial charge is 0.0559 e. The largest absolute Gasteiger partial charge is 0.312 e. The van der Waals surface area contributed by atoms with Crippen molar-refractivity contribution in [2.75, 3.05) is 6.54 Å². The topological polar surface area (TPSA) is 29.9 Å². The van der Waals surface area contributed by atoms with Gasteiger partial charge >= 0.3 is 0 Å². The van der Waals surface area contributed by atoms with Crippen LogP contribution in [0.1, 0.15) is 32.6 Å². The summed E-state index contributed by atoms with van der Waals surface area (Å²) in [5, 5.41) is 7.81. The van der Waals surface area contributed by atoms with Gasteiger partial charge in [-0.15, -0.1) is 0 Å². The lowest BCUT2D eigenvalue weighted by atomic mass is 10.1. The van der Waals surface area contributed by atoms with E-state index < -0.39 is 0 Å². The van der Waals surface area contributed by atoms with Crippen molar-refractivity contribution in [3.63, 3.8) is 0 Å². The summed E-state index contributed by atoms with van der Waals surface area (Å²) in [6.07, 6.45) is 9.56. The van der Waals surface area contributed by atoms with E-state index in [1.807, 2.05) is 23.1 Å². The first kappa shape index (κ1) is 10.7. The molecule has 0 aliphatic heterocycles. The van der Waals surface area contributed by atoms with Gasteiger partial charge in [0.15, 0.2) is 0 Å². The van der Waals surface area contributed by atoms with Gasteiger partial charge in [0, 0.05) is 18.4 Å². The molecule has 1 unspecified atom stereocenters. The summed E-state index contributed by atoms with van der Waals surface area (Å²) >= 11 is 0. The normalized spacial score (nSPS) is 19.5. The molecule has 0 bridgehead atoms. The highest BCUT2D eigenvalue weighted by Gasteiger charge is 2.15. The van der Waals surface area contributed by atoms with Crippen molar-refractivity contribution >= 4 is 0 Å². The molecule has 1 aliphatic rings. The monoisotopic (exact) mass is 207 g/mol. The van der Waals surface area contributed by atoms with E-state index in [1.165, 1.54) is 32.2 Å². The summed E-state index contributed by atoms with van der Waals surface area (Å²) < 4.78 is 1.99. The van der Waals surface area contributed by atoms with Crippen LogP contribution in [-0.2, 0) is 6.54 Å². The van der Waals surface area contributed by atoms with E-state index in [1.54, 1.807) is 0 Å². The number of nitrogens with zero attached hydrogens (tertiary/aromatic N) is 2. The standard InChI is InChI=1S/C12H21N3/c1-11(10-15-8-4-7-14-15)13-9-12-5-2-3-6-12/h4,7-8,11-13H,2-3,5-6,9-10H2,1H3. The van der Waals surface area contributed by atoms with Crippen LogP contribution in [0.3, 0.4) is 0 Å². The molecule has 0 saturated heterocycles. The lowest BCUT2D eigenvalue weighted by molar-refractivity contribution is 0.403. The van der Waals surface area contributed by atoms with Gasteiger partial charge in [0.2, 0.25) is 0 Å². The van der Waals surface area contributed by atoms with Gasteiger partial charge < -0.3 is 5.32 Å². The quantitative estimate of drug-likeness (QED) is 0.801. The molecule has 0 spiro atoms. The Morgan fingerprint density at radius 1 is 1.47 bits per heavy atom. The van der Waals surface area contributed by atoms with Crippen molar-refractivity contribution in [3.8, 4) is 0 Å². The molecule has 2 rings (SSSR count). The van der Waals surface area contributed by atoms with Crippen LogP contribution in [0.5, 0.6) is 0 Å². The van der Waals surface area contributed by atoms with E-state index in [9.17, 15) is 0 Å². The summed E-state index contributed by atoms with van der Waals surface area (Å²) in [4.78, 5) is 0. The first-order valence-electron chi connectivity index (χ1n) is 6.05. The average molecular weight is 207 g/mol. The lowest BCUT2D eigenvalue weighted by Gasteiger charge is -2.16. The highest BCUT2D eigenvalue weighted by molar-refractivity contribution is 4.79. The van der Waals surface area contributed by atoms with Crippen LogP contribution in [0.15, 0.2) is 18.5 Å². The molecule has 0 aromatic carbocycles. The molecule has 1 aromatic rings. The predicted octanol–water partition coefficient (Wildman–Crippen LogP) is 2.05. The van der Waals surface area contributed by atoms with Crippen molar-refractivity contribution in [2.24, 2.45) is 5.92 Å². The van der Waals surface area contributed by atoms with E-state index in [-0.39, 0.29) is 0 Å². The fourth-order valence-corrected chi connectivity index (χ4v) is 2.34. The maximum Gasteiger partial charge on any atom is 0.0559 e. The molecule has 15 heavy (non-hydrogen) atoms. The highest BCUT2D eigenvalue weighted by atomic mass is 15.3. The predicted molar refractivity (Wildman–Crippen MR) is 61.6 cm³/mol. The van der Waals surface area contributed by atoms with E-state index in [2.05, 4.69) is 17.3 Å². The van der Waals surface area contributed by atoms with Crippen LogP contribution < -0.4 is 5.32 Å². The van der Waals surface area contributed by atoms with Crippen molar-refractivity contribution in [2.45, 2.75) is 45.2 Å². The van der Waals surface area contributed by atoms with Crippen molar-refractivity contribution in [1.82, 2.24) is 15.1 Å². The second-order valence-corrected chi connectivity index (χ2v) is 4.69. The minimum absolute atomic E-state index is 0.519. The number of hydrogen-bond donors (Lipinski definition) is 1. The van der Waals surface area contributed by atoms with Gasteiger partial charge in [0.25, 0.3) is 0 Å². The summed E-state index contributed by atoms with van der Waals surface area (Å²) in [7, 11) is 0. The minimum atomic E-state index is 0.519. The van der Waals surface area contributed by atoms with Gasteiger partial charge in [0.05, 0.1) is 6.54 Å². The Balaban J connectivity index is 1.66. The van der Waals surface area contributed by atoms with Crippen LogP contribution in [-0.4, -0.2) is 22.4 Å². The van der Waals surface area contributed by atoms with Gasteiger partial charge in [0.1, 0.15) is 0 Å². The van der Waals surface area contributed by atoms with Gasteiger partial charge in [-0.05, 0) is 38.3 Å². The fourth-order valence-electron chi connectivity index (χ4n) is 2.34. The molecule has 0 amide bonds. The second kappa shape index (κ2) is 5.31. The molecule has 1 atom stereocenters. The molecular weight excluding hydrogens is 186 g/mol. The van der Waals surface area contributed by atoms with Crippen LogP contribution in [0.2, 0.25) is 0 Å². The van der Waals surface area contributed by atoms with Crippen molar-refractivity contribution in [3.05, 3.63) is 18.5 Å². The van der Waals surface area contributed by atoms with Crippen molar-refractivity contribution in [1.29, 1.82) is 0 Å². The maximum atomic E-state index is 4.21. The summed E-state index contributed by atoms with van der Waals surface area (Å²) in [5.41, 5.74) is 0. The Kier molecular flexibility index (Phi) is 3.78. The Hall–Kier alpha value is -0.830. The molecule has 1 aliphatic carbocycles. The molecule has 0 radical (unpaired) electrons. The third-order valence-electron chi connectivity index (χ3n) is 3.25. The molecular formula is C12H21N3. The minimum Gasteiger partial charge on any atom is -0.312 e. The lowest BCUT2D eigenvalue weighted by Crippen LogP contribution is -2.33. The first-order valence-corrected chi connectivity index (χ1v) is 6.05. The first-order chi connectivity index (χ1) is 7.34. The summed E-state index contributed by atoms with van der Waals surface area (Å²) in [5.74, 6) is 0.921. The molecule has 3 nitrogen and oxygen atoms in total. The molecule has 3 heteroatoms. The Bertz CT molecular complexity index is 262. The Morgan fingerprint density at radius 2 is 2.27 bits per heavy atom. The van der Waals surface area contributed by atoms with E-state index in [0.29, 0.717) is 6.04 Å². The van der Waals surface area contributed by atoms with Gasteiger partial charge in [-0.3, -0.25) is 4.68 Å². The van der Waals surface area contributed by atoms with E-state index in [4.69, 9.17) is 0 Å². The van der Waals surface area contributed by atoms with Gasteiger partial charge in [-0.25, -0.2) is 0 Å². The number of rotatable bonds is 5. The van der Waals surface area contributed by atoms with Crippen LogP contribution >= 0.6 is 0 Å². The molecule has 1 saturated carbocycles. The molecule has 1 aromatic heterocycles.